The second-order valence-electron chi connectivity index (χ2n) is 5.46. The Hall–Kier alpha value is -1.82. The van der Waals surface area contributed by atoms with Crippen molar-refractivity contribution < 1.29 is 4.79 Å². The third-order valence-corrected chi connectivity index (χ3v) is 4.49. The zero-order chi connectivity index (χ0) is 16.7. The van der Waals surface area contributed by atoms with Crippen molar-refractivity contribution in [3.63, 3.8) is 0 Å². The molecular weight excluding hydrogens is 308 g/mol. The smallest absolute Gasteiger partial charge is 0.230 e. The summed E-state index contributed by atoms with van der Waals surface area (Å²) >= 11 is 1.43. The second kappa shape index (κ2) is 8.72. The molecule has 1 heterocycles. The first kappa shape index (κ1) is 17.5. The summed E-state index contributed by atoms with van der Waals surface area (Å²) in [6, 6.07) is 10.2. The van der Waals surface area contributed by atoms with E-state index in [-0.39, 0.29) is 11.9 Å². The predicted molar refractivity (Wildman–Crippen MR) is 94.4 cm³/mol. The Balaban J connectivity index is 2.01. The molecule has 6 heteroatoms. The van der Waals surface area contributed by atoms with Gasteiger partial charge in [0.05, 0.1) is 5.75 Å². The number of hydrogen-bond donors (Lipinski definition) is 1. The Morgan fingerprint density at radius 3 is 2.65 bits per heavy atom. The van der Waals surface area contributed by atoms with Crippen LogP contribution in [0.2, 0.25) is 0 Å². The van der Waals surface area contributed by atoms with E-state index in [1.807, 2.05) is 41.8 Å². The van der Waals surface area contributed by atoms with Gasteiger partial charge in [0.15, 0.2) is 11.0 Å². The van der Waals surface area contributed by atoms with Crippen LogP contribution in [-0.4, -0.2) is 32.5 Å². The van der Waals surface area contributed by atoms with Gasteiger partial charge >= 0.3 is 0 Å². The molecule has 5 nitrogen and oxygen atoms in total. The summed E-state index contributed by atoms with van der Waals surface area (Å²) < 4.78 is 2.04. The molecule has 0 aliphatic rings. The first-order valence-corrected chi connectivity index (χ1v) is 9.05. The molecule has 0 aliphatic heterocycles. The number of rotatable bonds is 8. The molecule has 2 rings (SSSR count). The lowest BCUT2D eigenvalue weighted by atomic mass is 10.2. The number of carbonyl (C=O) groups is 1. The number of thioether (sulfide) groups is 1. The van der Waals surface area contributed by atoms with Gasteiger partial charge in [-0.2, -0.15) is 0 Å². The van der Waals surface area contributed by atoms with Crippen molar-refractivity contribution in [2.75, 3.05) is 5.75 Å². The van der Waals surface area contributed by atoms with Crippen molar-refractivity contribution >= 4 is 17.7 Å². The first-order chi connectivity index (χ1) is 11.2. The van der Waals surface area contributed by atoms with Crippen molar-refractivity contribution in [1.29, 1.82) is 0 Å². The van der Waals surface area contributed by atoms with Crippen molar-refractivity contribution in [2.45, 2.75) is 51.4 Å². The van der Waals surface area contributed by atoms with Crippen LogP contribution in [0.5, 0.6) is 0 Å². The maximum atomic E-state index is 12.0. The van der Waals surface area contributed by atoms with Crippen molar-refractivity contribution in [2.24, 2.45) is 0 Å². The van der Waals surface area contributed by atoms with E-state index in [0.29, 0.717) is 5.75 Å². The van der Waals surface area contributed by atoms with Gasteiger partial charge < -0.3 is 9.88 Å². The minimum Gasteiger partial charge on any atom is -0.353 e. The number of nitrogens with one attached hydrogen (secondary N) is 1. The summed E-state index contributed by atoms with van der Waals surface area (Å²) in [5, 5.41) is 12.3. The Morgan fingerprint density at radius 2 is 2.00 bits per heavy atom. The van der Waals surface area contributed by atoms with Gasteiger partial charge in [-0.15, -0.1) is 10.2 Å². The van der Waals surface area contributed by atoms with Crippen LogP contribution in [0.1, 0.15) is 33.6 Å². The molecule has 124 valence electrons. The van der Waals surface area contributed by atoms with Crippen LogP contribution in [0.3, 0.4) is 0 Å². The highest BCUT2D eigenvalue weighted by Crippen LogP contribution is 2.23. The SMILES string of the molecule is CCC[C@@H](C)NC(=O)CSc1nnc(-c2ccccc2)n1CC. The maximum absolute atomic E-state index is 12.0. The molecule has 0 bridgehead atoms. The van der Waals surface area contributed by atoms with E-state index in [4.69, 9.17) is 0 Å². The molecule has 1 aromatic carbocycles. The highest BCUT2D eigenvalue weighted by molar-refractivity contribution is 7.99. The molecule has 0 aliphatic carbocycles. The van der Waals surface area contributed by atoms with Gasteiger partial charge in [-0.1, -0.05) is 55.4 Å². The van der Waals surface area contributed by atoms with Gasteiger partial charge in [-0.25, -0.2) is 0 Å². The van der Waals surface area contributed by atoms with E-state index >= 15 is 0 Å². The van der Waals surface area contributed by atoms with E-state index in [2.05, 4.69) is 29.4 Å². The Kier molecular flexibility index (Phi) is 6.65. The van der Waals surface area contributed by atoms with E-state index in [1.165, 1.54) is 11.8 Å². The number of aromatic nitrogens is 3. The average Bonchev–Trinajstić information content (AvgIpc) is 2.96. The molecule has 1 atom stereocenters. The molecule has 1 N–H and O–H groups in total. The van der Waals surface area contributed by atoms with Crippen LogP contribution in [0, 0.1) is 0 Å². The van der Waals surface area contributed by atoms with Crippen molar-refractivity contribution in [3.8, 4) is 11.4 Å². The van der Waals surface area contributed by atoms with Gasteiger partial charge in [0.2, 0.25) is 5.91 Å². The summed E-state index contributed by atoms with van der Waals surface area (Å²) in [6.07, 6.45) is 2.07. The number of amides is 1. The zero-order valence-electron chi connectivity index (χ0n) is 14.0. The molecule has 0 unspecified atom stereocenters. The van der Waals surface area contributed by atoms with Crippen LogP contribution in [-0.2, 0) is 11.3 Å². The Bertz CT molecular complexity index is 627. The molecule has 0 radical (unpaired) electrons. The Labute approximate surface area is 141 Å². The van der Waals surface area contributed by atoms with E-state index in [0.717, 1.165) is 35.9 Å². The van der Waals surface area contributed by atoms with Crippen molar-refractivity contribution in [1.82, 2.24) is 20.1 Å². The minimum absolute atomic E-state index is 0.0443. The molecule has 0 saturated carbocycles. The Morgan fingerprint density at radius 1 is 1.26 bits per heavy atom. The number of carbonyl (C=O) groups excluding carboxylic acids is 1. The van der Waals surface area contributed by atoms with Gasteiger partial charge in [-0.05, 0) is 20.3 Å². The lowest BCUT2D eigenvalue weighted by Gasteiger charge is -2.12. The molecule has 2 aromatic rings. The largest absolute Gasteiger partial charge is 0.353 e. The molecule has 1 aromatic heterocycles. The van der Waals surface area contributed by atoms with Crippen LogP contribution < -0.4 is 5.32 Å². The van der Waals surface area contributed by atoms with Gasteiger partial charge in [-0.3, -0.25) is 4.79 Å². The van der Waals surface area contributed by atoms with E-state index in [9.17, 15) is 4.79 Å². The lowest BCUT2D eigenvalue weighted by Crippen LogP contribution is -2.33. The molecule has 0 fully saturated rings. The number of hydrogen-bond acceptors (Lipinski definition) is 4. The van der Waals surface area contributed by atoms with E-state index in [1.54, 1.807) is 0 Å². The highest BCUT2D eigenvalue weighted by atomic mass is 32.2. The minimum atomic E-state index is 0.0443. The zero-order valence-corrected chi connectivity index (χ0v) is 14.8. The van der Waals surface area contributed by atoms with Gasteiger partial charge in [0.25, 0.3) is 0 Å². The molecule has 0 spiro atoms. The summed E-state index contributed by atoms with van der Waals surface area (Å²) in [4.78, 5) is 12.0. The highest BCUT2D eigenvalue weighted by Gasteiger charge is 2.15. The second-order valence-corrected chi connectivity index (χ2v) is 6.40. The average molecular weight is 332 g/mol. The van der Waals surface area contributed by atoms with Crippen LogP contribution in [0.4, 0.5) is 0 Å². The first-order valence-electron chi connectivity index (χ1n) is 8.06. The van der Waals surface area contributed by atoms with Gasteiger partial charge in [0, 0.05) is 18.2 Å². The van der Waals surface area contributed by atoms with E-state index < -0.39 is 0 Å². The lowest BCUT2D eigenvalue weighted by molar-refractivity contribution is -0.119. The number of benzene rings is 1. The standard InChI is InChI=1S/C17H24N4OS/c1-4-9-13(3)18-15(22)12-23-17-20-19-16(21(17)5-2)14-10-7-6-8-11-14/h6-8,10-11,13H,4-5,9,12H2,1-3H3,(H,18,22)/t13-/m1/s1. The fourth-order valence-corrected chi connectivity index (χ4v) is 3.25. The third-order valence-electron chi connectivity index (χ3n) is 3.53. The summed E-state index contributed by atoms with van der Waals surface area (Å²) in [5.41, 5.74) is 1.04. The monoisotopic (exact) mass is 332 g/mol. The van der Waals surface area contributed by atoms with Crippen LogP contribution >= 0.6 is 11.8 Å². The maximum Gasteiger partial charge on any atom is 0.230 e. The van der Waals surface area contributed by atoms with Crippen molar-refractivity contribution in [3.05, 3.63) is 30.3 Å². The van der Waals surface area contributed by atoms with Gasteiger partial charge in [0.1, 0.15) is 0 Å². The predicted octanol–water partition coefficient (Wildman–Crippen LogP) is 3.36. The molecule has 23 heavy (non-hydrogen) atoms. The number of nitrogens with zero attached hydrogens (tertiary/aromatic N) is 3. The summed E-state index contributed by atoms with van der Waals surface area (Å²) in [5.74, 6) is 1.25. The topological polar surface area (TPSA) is 59.8 Å². The van der Waals surface area contributed by atoms with Crippen LogP contribution in [0.25, 0.3) is 11.4 Å². The molecule has 1 amide bonds. The normalized spacial score (nSPS) is 12.1. The summed E-state index contributed by atoms with van der Waals surface area (Å²) in [7, 11) is 0. The molecule has 0 saturated heterocycles. The quantitative estimate of drug-likeness (QED) is 0.753. The summed E-state index contributed by atoms with van der Waals surface area (Å²) in [6.45, 7) is 6.98. The fourth-order valence-electron chi connectivity index (χ4n) is 2.43. The van der Waals surface area contributed by atoms with Crippen LogP contribution in [0.15, 0.2) is 35.5 Å². The fraction of sp³-hybridized carbons (Fsp3) is 0.471. The molecular formula is C17H24N4OS. The third kappa shape index (κ3) is 4.82.